The van der Waals surface area contributed by atoms with Crippen molar-refractivity contribution in [2.24, 2.45) is 7.05 Å². The zero-order valence-corrected chi connectivity index (χ0v) is 11.6. The molecule has 0 bridgehead atoms. The molecule has 1 unspecified atom stereocenters. The molecule has 1 aromatic carbocycles. The molecule has 96 valence electrons. The molecule has 0 fully saturated rings. The number of hydrogen-bond acceptors (Lipinski definition) is 2. The number of nitrogens with zero attached hydrogens (tertiary/aromatic N) is 2. The van der Waals surface area contributed by atoms with Crippen LogP contribution in [0.3, 0.4) is 0 Å². The second kappa shape index (κ2) is 5.63. The first-order valence-corrected chi connectivity index (χ1v) is 6.46. The smallest absolute Gasteiger partial charge is 0.124 e. The van der Waals surface area contributed by atoms with Crippen LogP contribution < -0.4 is 0 Å². The van der Waals surface area contributed by atoms with Gasteiger partial charge < -0.3 is 9.67 Å². The molecule has 0 saturated heterocycles. The van der Waals surface area contributed by atoms with Gasteiger partial charge in [-0.2, -0.15) is 0 Å². The minimum atomic E-state index is -0.628. The average Bonchev–Trinajstić information content (AvgIpc) is 2.72. The van der Waals surface area contributed by atoms with Gasteiger partial charge in [0.15, 0.2) is 0 Å². The first-order chi connectivity index (χ1) is 8.58. The largest absolute Gasteiger partial charge is 0.388 e. The molecule has 1 atom stereocenters. The molecule has 5 heteroatoms. The van der Waals surface area contributed by atoms with Crippen LogP contribution in [0.1, 0.15) is 23.9 Å². The zero-order chi connectivity index (χ0) is 13.1. The lowest BCUT2D eigenvalue weighted by atomic mass is 10.0. The number of aliphatic hydroxyl groups excluding tert-OH is 1. The Morgan fingerprint density at radius 3 is 2.89 bits per heavy atom. The maximum absolute atomic E-state index is 12.9. The molecule has 0 amide bonds. The molecule has 18 heavy (non-hydrogen) atoms. The van der Waals surface area contributed by atoms with E-state index >= 15 is 0 Å². The number of imidazole rings is 1. The maximum atomic E-state index is 12.9. The quantitative estimate of drug-likeness (QED) is 0.942. The van der Waals surface area contributed by atoms with Gasteiger partial charge in [0.05, 0.1) is 6.10 Å². The van der Waals surface area contributed by atoms with Crippen molar-refractivity contribution in [3.8, 4) is 0 Å². The third-order valence-corrected chi connectivity index (χ3v) is 3.57. The first-order valence-electron chi connectivity index (χ1n) is 5.67. The van der Waals surface area contributed by atoms with Gasteiger partial charge in [0.25, 0.3) is 0 Å². The van der Waals surface area contributed by atoms with Crippen LogP contribution in [0.4, 0.5) is 4.39 Å². The van der Waals surface area contributed by atoms with Crippen LogP contribution in [0, 0.1) is 5.82 Å². The van der Waals surface area contributed by atoms with Crippen LogP contribution >= 0.6 is 15.9 Å². The average molecular weight is 313 g/mol. The van der Waals surface area contributed by atoms with E-state index < -0.39 is 6.10 Å². The Hall–Kier alpha value is -1.20. The van der Waals surface area contributed by atoms with Gasteiger partial charge in [-0.05, 0) is 24.1 Å². The molecule has 2 aromatic rings. The highest BCUT2D eigenvalue weighted by Gasteiger charge is 2.13. The third-order valence-electron chi connectivity index (χ3n) is 2.88. The number of rotatable bonds is 4. The van der Waals surface area contributed by atoms with Crippen molar-refractivity contribution in [2.45, 2.75) is 18.9 Å². The summed E-state index contributed by atoms with van der Waals surface area (Å²) in [7, 11) is 1.92. The van der Waals surface area contributed by atoms with Crippen LogP contribution in [0.25, 0.3) is 0 Å². The van der Waals surface area contributed by atoms with E-state index in [1.807, 2.05) is 17.8 Å². The highest BCUT2D eigenvalue weighted by molar-refractivity contribution is 9.10. The van der Waals surface area contributed by atoms with Crippen molar-refractivity contribution in [1.82, 2.24) is 9.55 Å². The van der Waals surface area contributed by atoms with Gasteiger partial charge in [0.2, 0.25) is 0 Å². The number of aryl methyl sites for hydroxylation is 2. The van der Waals surface area contributed by atoms with Crippen LogP contribution in [0.5, 0.6) is 0 Å². The fourth-order valence-corrected chi connectivity index (χ4v) is 2.45. The molecule has 1 N–H and O–H groups in total. The Morgan fingerprint density at radius 2 is 2.28 bits per heavy atom. The summed E-state index contributed by atoms with van der Waals surface area (Å²) in [6.07, 6.45) is 4.20. The molecule has 3 nitrogen and oxygen atoms in total. The predicted octanol–water partition coefficient (Wildman–Crippen LogP) is 2.99. The zero-order valence-electron chi connectivity index (χ0n) is 9.98. The van der Waals surface area contributed by atoms with E-state index in [9.17, 15) is 9.50 Å². The van der Waals surface area contributed by atoms with Gasteiger partial charge in [-0.25, -0.2) is 9.37 Å². The number of hydrogen-bond donors (Lipinski definition) is 1. The molecule has 0 saturated carbocycles. The van der Waals surface area contributed by atoms with Crippen molar-refractivity contribution in [1.29, 1.82) is 0 Å². The Kier molecular flexibility index (Phi) is 4.14. The molecule has 0 spiro atoms. The van der Waals surface area contributed by atoms with E-state index in [0.717, 1.165) is 5.82 Å². The number of halogens is 2. The summed E-state index contributed by atoms with van der Waals surface area (Å²) < 4.78 is 15.5. The fourth-order valence-electron chi connectivity index (χ4n) is 1.83. The molecule has 1 heterocycles. The van der Waals surface area contributed by atoms with E-state index in [1.165, 1.54) is 12.1 Å². The van der Waals surface area contributed by atoms with Gasteiger partial charge in [0.1, 0.15) is 11.6 Å². The van der Waals surface area contributed by atoms with Crippen LogP contribution in [-0.4, -0.2) is 14.7 Å². The Balaban J connectivity index is 2.03. The highest BCUT2D eigenvalue weighted by Crippen LogP contribution is 2.27. The van der Waals surface area contributed by atoms with Crippen molar-refractivity contribution in [3.63, 3.8) is 0 Å². The Morgan fingerprint density at radius 1 is 1.50 bits per heavy atom. The lowest BCUT2D eigenvalue weighted by molar-refractivity contribution is 0.166. The Labute approximate surface area is 113 Å². The number of benzene rings is 1. The van der Waals surface area contributed by atoms with Gasteiger partial charge >= 0.3 is 0 Å². The van der Waals surface area contributed by atoms with Gasteiger partial charge in [-0.1, -0.05) is 22.0 Å². The number of aromatic nitrogens is 2. The summed E-state index contributed by atoms with van der Waals surface area (Å²) in [6.45, 7) is 0. The second-order valence-electron chi connectivity index (χ2n) is 4.17. The second-order valence-corrected chi connectivity index (χ2v) is 5.03. The summed E-state index contributed by atoms with van der Waals surface area (Å²) in [5.41, 5.74) is 0.700. The van der Waals surface area contributed by atoms with Crippen molar-refractivity contribution >= 4 is 15.9 Å². The fraction of sp³-hybridized carbons (Fsp3) is 0.308. The van der Waals surface area contributed by atoms with Gasteiger partial charge in [-0.15, -0.1) is 0 Å². The summed E-state index contributed by atoms with van der Waals surface area (Å²) in [5.74, 6) is 0.606. The van der Waals surface area contributed by atoms with Gasteiger partial charge in [-0.3, -0.25) is 0 Å². The summed E-state index contributed by atoms with van der Waals surface area (Å²) >= 11 is 3.26. The van der Waals surface area contributed by atoms with E-state index in [4.69, 9.17) is 0 Å². The van der Waals surface area contributed by atoms with Crippen LogP contribution in [0.2, 0.25) is 0 Å². The summed E-state index contributed by atoms with van der Waals surface area (Å²) in [5, 5.41) is 10.1. The number of aliphatic hydroxyl groups is 1. The molecule has 1 aromatic heterocycles. The molecular weight excluding hydrogens is 299 g/mol. The van der Waals surface area contributed by atoms with E-state index in [-0.39, 0.29) is 5.82 Å². The van der Waals surface area contributed by atoms with E-state index in [1.54, 1.807) is 12.3 Å². The van der Waals surface area contributed by atoms with Crippen LogP contribution in [-0.2, 0) is 13.5 Å². The lowest BCUT2D eigenvalue weighted by Crippen LogP contribution is -2.04. The Bertz CT molecular complexity index is 542. The first kappa shape index (κ1) is 13.2. The molecule has 0 aliphatic rings. The molecular formula is C13H14BrFN2O. The lowest BCUT2D eigenvalue weighted by Gasteiger charge is -2.12. The van der Waals surface area contributed by atoms with Crippen LogP contribution in [0.15, 0.2) is 35.1 Å². The van der Waals surface area contributed by atoms with Crippen molar-refractivity contribution < 1.29 is 9.50 Å². The molecule has 0 aliphatic carbocycles. The van der Waals surface area contributed by atoms with E-state index in [0.29, 0.717) is 22.9 Å². The summed E-state index contributed by atoms with van der Waals surface area (Å²) in [6, 6.07) is 4.31. The predicted molar refractivity (Wildman–Crippen MR) is 70.6 cm³/mol. The maximum Gasteiger partial charge on any atom is 0.124 e. The molecule has 2 rings (SSSR count). The van der Waals surface area contributed by atoms with Crippen molar-refractivity contribution in [2.75, 3.05) is 0 Å². The normalized spacial score (nSPS) is 12.7. The monoisotopic (exact) mass is 312 g/mol. The van der Waals surface area contributed by atoms with Crippen molar-refractivity contribution in [3.05, 3.63) is 52.3 Å². The minimum absolute atomic E-state index is 0.318. The third kappa shape index (κ3) is 2.97. The minimum Gasteiger partial charge on any atom is -0.388 e. The topological polar surface area (TPSA) is 38.0 Å². The van der Waals surface area contributed by atoms with Gasteiger partial charge in [0, 0.05) is 30.3 Å². The highest BCUT2D eigenvalue weighted by atomic mass is 79.9. The molecule has 0 radical (unpaired) electrons. The standard InChI is InChI=1S/C13H14BrFN2O/c1-17-7-6-16-13(17)5-4-12(18)10-3-2-9(15)8-11(10)14/h2-3,6-8,12,18H,4-5H2,1H3. The van der Waals surface area contributed by atoms with E-state index in [2.05, 4.69) is 20.9 Å². The summed E-state index contributed by atoms with van der Waals surface area (Å²) in [4.78, 5) is 4.20. The molecule has 0 aliphatic heterocycles. The SMILES string of the molecule is Cn1ccnc1CCC(O)c1ccc(F)cc1Br.